The van der Waals surface area contributed by atoms with E-state index in [4.69, 9.17) is 0 Å². The Kier molecular flexibility index (Phi) is 8.90. The van der Waals surface area contributed by atoms with E-state index in [1.807, 2.05) is 6.58 Å². The zero-order valence-electron chi connectivity index (χ0n) is 5.94. The van der Waals surface area contributed by atoms with Crippen LogP contribution < -0.4 is 0 Å². The molecule has 0 rings (SSSR count). The molecule has 0 amide bonds. The van der Waals surface area contributed by atoms with Crippen LogP contribution in [-0.4, -0.2) is 19.0 Å². The summed E-state index contributed by atoms with van der Waals surface area (Å²) in [6.07, 6.45) is -9.49. The van der Waals surface area contributed by atoms with Gasteiger partial charge in [0, 0.05) is 0 Å². The fourth-order valence-electron chi connectivity index (χ4n) is 0. The van der Waals surface area contributed by atoms with Crippen LogP contribution in [0.3, 0.4) is 0 Å². The van der Waals surface area contributed by atoms with Crippen LogP contribution in [0.1, 0.15) is 7.43 Å². The number of allylic oxidation sites excluding steroid dienone is 1. The third kappa shape index (κ3) is 17.3. The summed E-state index contributed by atoms with van der Waals surface area (Å²) < 4.78 is 84.6. The minimum atomic E-state index is -4.86. The van der Waals surface area contributed by atoms with Crippen LogP contribution >= 0.6 is 0 Å². The Balaban J connectivity index is -0.000000163. The van der Waals surface area contributed by atoms with Gasteiger partial charge in [-0.1, -0.05) is 14.0 Å². The summed E-state index contributed by atoms with van der Waals surface area (Å²) in [5.41, 5.74) is 0. The van der Waals surface area contributed by atoms with Gasteiger partial charge in [-0.25, -0.2) is 8.78 Å². The summed E-state index contributed by atoms with van der Waals surface area (Å²) >= 11 is 0. The Bertz CT molecular complexity index is 152. The van der Waals surface area contributed by atoms with Gasteiger partial charge in [0.25, 0.3) is 0 Å². The highest BCUT2D eigenvalue weighted by Gasteiger charge is 2.32. The first-order valence-electron chi connectivity index (χ1n) is 2.55. The first-order valence-corrected chi connectivity index (χ1v) is 2.55. The fourth-order valence-corrected chi connectivity index (χ4v) is 0. The van der Waals surface area contributed by atoms with Crippen molar-refractivity contribution in [3.05, 3.63) is 12.4 Å². The van der Waals surface area contributed by atoms with E-state index in [1.54, 1.807) is 0 Å². The van der Waals surface area contributed by atoms with Crippen LogP contribution in [0.25, 0.3) is 0 Å². The van der Waals surface area contributed by atoms with Gasteiger partial charge in [-0.2, -0.15) is 26.3 Å². The molecule has 0 aliphatic heterocycles. The van der Waals surface area contributed by atoms with Crippen molar-refractivity contribution in [2.75, 3.05) is 6.67 Å². The number of hydrogen-bond donors (Lipinski definition) is 0. The minimum absolute atomic E-state index is 0. The summed E-state index contributed by atoms with van der Waals surface area (Å²) in [5, 5.41) is 0. The summed E-state index contributed by atoms with van der Waals surface area (Å²) in [4.78, 5) is 0. The second kappa shape index (κ2) is 6.61. The average Bonchev–Trinajstić information content (AvgIpc) is 1.85. The number of alkyl halides is 7. The molecule has 0 aliphatic carbocycles. The molecule has 14 heavy (non-hydrogen) atoms. The Morgan fingerprint density at radius 3 is 1.14 bits per heavy atom. The molecule has 0 radical (unpaired) electrons. The van der Waals surface area contributed by atoms with Crippen molar-refractivity contribution >= 4 is 0 Å². The summed E-state index contributed by atoms with van der Waals surface area (Å²) in [7, 11) is 0. The second-order valence-corrected chi connectivity index (χ2v) is 1.65. The molecule has 0 aliphatic rings. The number of hydrogen-bond acceptors (Lipinski definition) is 0. The highest BCUT2D eigenvalue weighted by atomic mass is 19.4. The van der Waals surface area contributed by atoms with Crippen molar-refractivity contribution in [1.29, 1.82) is 0 Å². The maximum atomic E-state index is 10.9. The summed E-state index contributed by atoms with van der Waals surface area (Å²) in [6, 6.07) is 0. The van der Waals surface area contributed by atoms with Crippen LogP contribution in [0.4, 0.5) is 35.1 Å². The van der Waals surface area contributed by atoms with Gasteiger partial charge in [0.1, 0.15) is 0 Å². The molecule has 8 heteroatoms. The van der Waals surface area contributed by atoms with Crippen LogP contribution in [0.5, 0.6) is 0 Å². The van der Waals surface area contributed by atoms with Gasteiger partial charge in [-0.3, -0.25) is 0 Å². The van der Waals surface area contributed by atoms with Gasteiger partial charge in [-0.15, -0.1) is 0 Å². The molecule has 0 aromatic heterocycles. The van der Waals surface area contributed by atoms with E-state index in [2.05, 4.69) is 0 Å². The highest BCUT2D eigenvalue weighted by Crippen LogP contribution is 2.23. The van der Waals surface area contributed by atoms with Crippen molar-refractivity contribution in [3.63, 3.8) is 0 Å². The van der Waals surface area contributed by atoms with Crippen molar-refractivity contribution in [2.24, 2.45) is 0 Å². The third-order valence-electron chi connectivity index (χ3n) is 0.459. The van der Waals surface area contributed by atoms with Crippen molar-refractivity contribution in [3.8, 4) is 0 Å². The molecule has 0 fully saturated rings. The van der Waals surface area contributed by atoms with Crippen LogP contribution in [0, 0.1) is 0 Å². The predicted octanol–water partition coefficient (Wildman–Crippen LogP) is 4.19. The lowest BCUT2D eigenvalue weighted by molar-refractivity contribution is -0.142. The molecule has 0 atom stereocenters. The average molecular weight is 232 g/mol. The maximum Gasteiger partial charge on any atom is 0.442 e. The van der Waals surface area contributed by atoms with E-state index in [0.29, 0.717) is 0 Å². The van der Waals surface area contributed by atoms with Crippen molar-refractivity contribution in [1.82, 2.24) is 0 Å². The molecular formula is C6H8F8. The molecule has 0 spiro atoms. The minimum Gasteiger partial charge on any atom is -0.241 e. The van der Waals surface area contributed by atoms with E-state index in [0.717, 1.165) is 0 Å². The molecule has 88 valence electrons. The normalized spacial score (nSPS) is 10.9. The van der Waals surface area contributed by atoms with E-state index >= 15 is 0 Å². The Hall–Kier alpha value is -0.820. The predicted molar refractivity (Wildman–Crippen MR) is 35.1 cm³/mol. The molecule has 0 N–H and O–H groups in total. The second-order valence-electron chi connectivity index (χ2n) is 1.65. The van der Waals surface area contributed by atoms with Gasteiger partial charge in [0.05, 0.1) is 0 Å². The van der Waals surface area contributed by atoms with E-state index in [-0.39, 0.29) is 7.43 Å². The van der Waals surface area contributed by atoms with E-state index in [1.165, 1.54) is 0 Å². The van der Waals surface area contributed by atoms with Gasteiger partial charge in [0.2, 0.25) is 0 Å². The lowest BCUT2D eigenvalue weighted by Gasteiger charge is -1.97. The van der Waals surface area contributed by atoms with Gasteiger partial charge in [0.15, 0.2) is 12.5 Å². The Labute approximate surface area is 75.2 Å². The lowest BCUT2D eigenvalue weighted by atomic mass is 10.6. The molecule has 0 bridgehead atoms. The topological polar surface area (TPSA) is 0 Å². The van der Waals surface area contributed by atoms with Gasteiger partial charge < -0.3 is 0 Å². The van der Waals surface area contributed by atoms with Gasteiger partial charge in [-0.05, 0) is 0 Å². The molecular weight excluding hydrogens is 224 g/mol. The van der Waals surface area contributed by atoms with Gasteiger partial charge >= 0.3 is 12.4 Å². The third-order valence-corrected chi connectivity index (χ3v) is 0.459. The first kappa shape index (κ1) is 18.9. The lowest BCUT2D eigenvalue weighted by Crippen LogP contribution is -2.08. The van der Waals surface area contributed by atoms with Crippen LogP contribution in [-0.2, 0) is 0 Å². The summed E-state index contributed by atoms with van der Waals surface area (Å²) in [6.45, 7) is -0.194. The van der Waals surface area contributed by atoms with Crippen LogP contribution in [0.15, 0.2) is 12.4 Å². The quantitative estimate of drug-likeness (QED) is 0.549. The summed E-state index contributed by atoms with van der Waals surface area (Å²) in [5.74, 6) is -2.26. The molecule has 0 aromatic carbocycles. The number of halogens is 8. The zero-order chi connectivity index (χ0) is 11.3. The maximum absolute atomic E-state index is 10.9. The first-order chi connectivity index (χ1) is 5.50. The van der Waals surface area contributed by atoms with Crippen LogP contribution in [0.2, 0.25) is 0 Å². The van der Waals surface area contributed by atoms with E-state index in [9.17, 15) is 35.1 Å². The zero-order valence-corrected chi connectivity index (χ0v) is 5.94. The molecule has 0 saturated heterocycles. The number of rotatable bonds is 0. The largest absolute Gasteiger partial charge is 0.442 e. The SMILES string of the molecule is C.C=C(F)C(F)(F)F.FCC(F)(F)F. The molecule has 0 nitrogen and oxygen atoms in total. The van der Waals surface area contributed by atoms with E-state index < -0.39 is 24.9 Å². The molecule has 0 heterocycles. The van der Waals surface area contributed by atoms with Crippen molar-refractivity contribution < 1.29 is 35.1 Å². The fraction of sp³-hybridized carbons (Fsp3) is 0.667. The Morgan fingerprint density at radius 1 is 1.00 bits per heavy atom. The monoisotopic (exact) mass is 232 g/mol. The molecule has 0 saturated carbocycles. The smallest absolute Gasteiger partial charge is 0.241 e. The standard InChI is InChI=1S/C3H2F4.C2H2F4.CH4/c1-2(4)3(5,6)7;3-1-2(4,5)6;/h1H2;1H2;1H4. The highest BCUT2D eigenvalue weighted by molar-refractivity contribution is 4.88. The van der Waals surface area contributed by atoms with Crippen molar-refractivity contribution in [2.45, 2.75) is 19.8 Å². The molecule has 0 aromatic rings. The Morgan fingerprint density at radius 2 is 1.14 bits per heavy atom. The molecule has 0 unspecified atom stereocenters.